The predicted octanol–water partition coefficient (Wildman–Crippen LogP) is 5.69. The van der Waals surface area contributed by atoms with E-state index in [0.717, 1.165) is 49.8 Å². The lowest BCUT2D eigenvalue weighted by Crippen LogP contribution is -2.09. The van der Waals surface area contributed by atoms with Crippen LogP contribution in [0.1, 0.15) is 24.4 Å². The Balaban J connectivity index is 1.42. The summed E-state index contributed by atoms with van der Waals surface area (Å²) < 4.78 is 1.15. The third-order valence-corrected chi connectivity index (χ3v) is 5.90. The van der Waals surface area contributed by atoms with Crippen LogP contribution >= 0.6 is 11.3 Å². The quantitative estimate of drug-likeness (QED) is 0.390. The van der Waals surface area contributed by atoms with Crippen molar-refractivity contribution >= 4 is 27.4 Å². The number of hydrogen-bond donors (Lipinski definition) is 1. The van der Waals surface area contributed by atoms with Crippen molar-refractivity contribution in [1.29, 1.82) is 0 Å². The van der Waals surface area contributed by atoms with Gasteiger partial charge in [-0.1, -0.05) is 24.3 Å². The lowest BCUT2D eigenvalue weighted by atomic mass is 10.0. The Morgan fingerprint density at radius 3 is 2.65 bits per heavy atom. The van der Waals surface area contributed by atoms with Gasteiger partial charge < -0.3 is 5.32 Å². The summed E-state index contributed by atoms with van der Waals surface area (Å²) >= 11 is 1.63. The van der Waals surface area contributed by atoms with Crippen LogP contribution in [0, 0.1) is 6.92 Å². The van der Waals surface area contributed by atoms with E-state index in [1.165, 1.54) is 0 Å². The van der Waals surface area contributed by atoms with Crippen LogP contribution in [0.3, 0.4) is 0 Å². The highest BCUT2D eigenvalue weighted by atomic mass is 32.1. The van der Waals surface area contributed by atoms with Crippen LogP contribution in [0.5, 0.6) is 0 Å². The summed E-state index contributed by atoms with van der Waals surface area (Å²) in [6.45, 7) is 4.04. The van der Waals surface area contributed by atoms with Crippen LogP contribution in [0.4, 0.5) is 5.82 Å². The van der Waals surface area contributed by atoms with E-state index in [1.54, 1.807) is 17.7 Å². The lowest BCUT2D eigenvalue weighted by molar-refractivity contribution is 0.868. The van der Waals surface area contributed by atoms with Gasteiger partial charge in [0.25, 0.3) is 0 Å². The van der Waals surface area contributed by atoms with Crippen molar-refractivity contribution < 1.29 is 0 Å². The Hall–Kier alpha value is -3.71. The summed E-state index contributed by atoms with van der Waals surface area (Å²) in [5, 5.41) is 3.53. The molecule has 0 aliphatic rings. The summed E-state index contributed by atoms with van der Waals surface area (Å²) in [5.41, 5.74) is 8.07. The number of rotatable bonds is 5. The standard InChI is InChI=1S/C24H20N6S/c1-15(17-4-3-5-18(8-17)20-11-25-13-26-12-20)28-24-10-22(29-16(2)30-24)19-6-7-21-23(9-19)31-14-27-21/h3-15H,1-2H3,(H,28,29,30)/t15-/m0/s1. The van der Waals surface area contributed by atoms with Gasteiger partial charge in [-0.15, -0.1) is 11.3 Å². The topological polar surface area (TPSA) is 76.5 Å². The molecule has 7 heteroatoms. The molecule has 0 radical (unpaired) electrons. The molecule has 152 valence electrons. The number of anilines is 1. The fraction of sp³-hybridized carbons (Fsp3) is 0.125. The number of thiazole rings is 1. The molecule has 0 fully saturated rings. The predicted molar refractivity (Wildman–Crippen MR) is 125 cm³/mol. The van der Waals surface area contributed by atoms with Gasteiger partial charge in [-0.2, -0.15) is 0 Å². The smallest absolute Gasteiger partial charge is 0.130 e. The molecule has 3 aromatic heterocycles. The first-order valence-electron chi connectivity index (χ1n) is 9.97. The first-order chi connectivity index (χ1) is 15.2. The zero-order valence-electron chi connectivity index (χ0n) is 17.1. The Morgan fingerprint density at radius 1 is 0.903 bits per heavy atom. The van der Waals surface area contributed by atoms with Crippen LogP contribution in [0.25, 0.3) is 32.6 Å². The van der Waals surface area contributed by atoms with E-state index in [0.29, 0.717) is 0 Å². The largest absolute Gasteiger partial charge is 0.363 e. The zero-order chi connectivity index (χ0) is 21.2. The van der Waals surface area contributed by atoms with E-state index in [1.807, 2.05) is 37.0 Å². The number of nitrogens with one attached hydrogen (secondary N) is 1. The van der Waals surface area contributed by atoms with Gasteiger partial charge in [0.1, 0.15) is 18.0 Å². The molecule has 0 amide bonds. The summed E-state index contributed by atoms with van der Waals surface area (Å²) in [4.78, 5) is 21.9. The minimum Gasteiger partial charge on any atom is -0.363 e. The lowest BCUT2D eigenvalue weighted by Gasteiger charge is -2.17. The first kappa shape index (κ1) is 19.3. The molecule has 1 N–H and O–H groups in total. The van der Waals surface area contributed by atoms with Crippen LogP contribution in [-0.4, -0.2) is 24.9 Å². The molecule has 0 saturated heterocycles. The monoisotopic (exact) mass is 424 g/mol. The van der Waals surface area contributed by atoms with Gasteiger partial charge in [-0.3, -0.25) is 0 Å². The van der Waals surface area contributed by atoms with Crippen LogP contribution in [-0.2, 0) is 0 Å². The van der Waals surface area contributed by atoms with Crippen molar-refractivity contribution in [2.75, 3.05) is 5.32 Å². The number of hydrogen-bond acceptors (Lipinski definition) is 7. The molecule has 5 rings (SSSR count). The summed E-state index contributed by atoms with van der Waals surface area (Å²) in [6, 6.07) is 16.7. The highest BCUT2D eigenvalue weighted by Crippen LogP contribution is 2.28. The van der Waals surface area contributed by atoms with Gasteiger partial charge in [0, 0.05) is 35.6 Å². The molecule has 31 heavy (non-hydrogen) atoms. The van der Waals surface area contributed by atoms with Crippen molar-refractivity contribution in [3.63, 3.8) is 0 Å². The minimum absolute atomic E-state index is 0.0655. The highest BCUT2D eigenvalue weighted by molar-refractivity contribution is 7.16. The van der Waals surface area contributed by atoms with Crippen molar-refractivity contribution in [2.24, 2.45) is 0 Å². The van der Waals surface area contributed by atoms with Crippen molar-refractivity contribution in [3.05, 3.63) is 84.2 Å². The zero-order valence-corrected chi connectivity index (χ0v) is 18.0. The summed E-state index contributed by atoms with van der Waals surface area (Å²) in [7, 11) is 0. The van der Waals surface area contributed by atoms with E-state index in [9.17, 15) is 0 Å². The van der Waals surface area contributed by atoms with Gasteiger partial charge in [0.15, 0.2) is 0 Å². The third kappa shape index (κ3) is 4.13. The maximum Gasteiger partial charge on any atom is 0.130 e. The second kappa shape index (κ2) is 8.20. The SMILES string of the molecule is Cc1nc(N[C@@H](C)c2cccc(-c3cncnc3)c2)cc(-c2ccc3ncsc3c2)n1. The number of aromatic nitrogens is 5. The first-order valence-corrected chi connectivity index (χ1v) is 10.8. The van der Waals surface area contributed by atoms with E-state index in [2.05, 4.69) is 73.6 Å². The van der Waals surface area contributed by atoms with Crippen LogP contribution in [0.15, 0.2) is 72.8 Å². The molecule has 0 bridgehead atoms. The second-order valence-corrected chi connectivity index (χ2v) is 8.23. The highest BCUT2D eigenvalue weighted by Gasteiger charge is 2.11. The summed E-state index contributed by atoms with van der Waals surface area (Å²) in [6.07, 6.45) is 5.19. The molecular formula is C24H20N6S. The number of fused-ring (bicyclic) bond motifs is 1. The molecule has 0 aliphatic carbocycles. The van der Waals surface area contributed by atoms with E-state index in [-0.39, 0.29) is 6.04 Å². The Morgan fingerprint density at radius 2 is 1.77 bits per heavy atom. The third-order valence-electron chi connectivity index (χ3n) is 5.11. The molecular weight excluding hydrogens is 404 g/mol. The summed E-state index contributed by atoms with van der Waals surface area (Å²) in [5.74, 6) is 1.53. The van der Waals surface area contributed by atoms with Crippen LogP contribution < -0.4 is 5.32 Å². The van der Waals surface area contributed by atoms with Crippen molar-refractivity contribution in [3.8, 4) is 22.4 Å². The van der Waals surface area contributed by atoms with Gasteiger partial charge in [0.05, 0.1) is 21.4 Å². The number of aryl methyl sites for hydroxylation is 1. The van der Waals surface area contributed by atoms with E-state index >= 15 is 0 Å². The van der Waals surface area contributed by atoms with Gasteiger partial charge >= 0.3 is 0 Å². The number of nitrogens with zero attached hydrogens (tertiary/aromatic N) is 5. The van der Waals surface area contributed by atoms with Gasteiger partial charge in [0.2, 0.25) is 0 Å². The van der Waals surface area contributed by atoms with Gasteiger partial charge in [-0.05, 0) is 43.2 Å². The fourth-order valence-corrected chi connectivity index (χ4v) is 4.26. The molecule has 1 atom stereocenters. The van der Waals surface area contributed by atoms with E-state index < -0.39 is 0 Å². The fourth-order valence-electron chi connectivity index (χ4n) is 3.54. The molecule has 6 nitrogen and oxygen atoms in total. The maximum absolute atomic E-state index is 4.65. The Kier molecular flexibility index (Phi) is 5.09. The molecule has 0 saturated carbocycles. The molecule has 2 aromatic carbocycles. The molecule has 0 spiro atoms. The molecule has 5 aromatic rings. The normalized spacial score (nSPS) is 12.1. The van der Waals surface area contributed by atoms with E-state index in [4.69, 9.17) is 0 Å². The van der Waals surface area contributed by atoms with Crippen LogP contribution in [0.2, 0.25) is 0 Å². The maximum atomic E-state index is 4.65. The Labute approximate surface area is 184 Å². The number of benzene rings is 2. The second-order valence-electron chi connectivity index (χ2n) is 7.34. The van der Waals surface area contributed by atoms with Gasteiger partial charge in [-0.25, -0.2) is 24.9 Å². The average Bonchev–Trinajstić information content (AvgIpc) is 3.27. The van der Waals surface area contributed by atoms with Crippen molar-refractivity contribution in [2.45, 2.75) is 19.9 Å². The minimum atomic E-state index is 0.0655. The van der Waals surface area contributed by atoms with Crippen molar-refractivity contribution in [1.82, 2.24) is 24.9 Å². The molecule has 0 aliphatic heterocycles. The average molecular weight is 425 g/mol. The molecule has 3 heterocycles. The Bertz CT molecular complexity index is 1350. The molecule has 0 unspecified atom stereocenters.